The topological polar surface area (TPSA) is 58.2 Å². The second-order valence-corrected chi connectivity index (χ2v) is 6.13. The van der Waals surface area contributed by atoms with Crippen LogP contribution in [0.2, 0.25) is 0 Å². The second kappa shape index (κ2) is 9.17. The Bertz CT molecular complexity index is 704. The first-order valence-electron chi connectivity index (χ1n) is 7.56. The molecule has 2 aromatic carbocycles. The summed E-state index contributed by atoms with van der Waals surface area (Å²) in [6.07, 6.45) is 0.821. The van der Waals surface area contributed by atoms with Crippen LogP contribution in [0.1, 0.15) is 11.1 Å². The number of hydrogen-bond acceptors (Lipinski definition) is 2. The number of rotatable bonds is 7. The molecule has 4 nitrogen and oxygen atoms in total. The molecule has 0 aliphatic heterocycles. The molecule has 2 rings (SSSR count). The molecule has 126 valence electrons. The van der Waals surface area contributed by atoms with Gasteiger partial charge in [0.15, 0.2) is 0 Å². The van der Waals surface area contributed by atoms with Gasteiger partial charge in [0.2, 0.25) is 11.8 Å². The van der Waals surface area contributed by atoms with Gasteiger partial charge in [0.05, 0.1) is 13.0 Å². The van der Waals surface area contributed by atoms with Crippen LogP contribution in [0.5, 0.6) is 0 Å². The van der Waals surface area contributed by atoms with E-state index in [2.05, 4.69) is 26.6 Å². The Labute approximate surface area is 148 Å². The molecule has 0 unspecified atom stereocenters. The van der Waals surface area contributed by atoms with Crippen LogP contribution in [-0.2, 0) is 22.4 Å². The molecule has 0 fully saturated rings. The smallest absolute Gasteiger partial charge is 0.239 e. The summed E-state index contributed by atoms with van der Waals surface area (Å²) in [6, 6.07) is 13.6. The highest BCUT2D eigenvalue weighted by Gasteiger charge is 2.08. The van der Waals surface area contributed by atoms with E-state index in [1.807, 2.05) is 24.3 Å². The van der Waals surface area contributed by atoms with Gasteiger partial charge in [-0.05, 0) is 35.7 Å². The minimum absolute atomic E-state index is 0.0628. The van der Waals surface area contributed by atoms with Gasteiger partial charge >= 0.3 is 0 Å². The Morgan fingerprint density at radius 2 is 1.67 bits per heavy atom. The molecular formula is C18H18BrFN2O2. The lowest BCUT2D eigenvalue weighted by molar-refractivity contribution is -0.125. The third-order valence-electron chi connectivity index (χ3n) is 3.40. The Balaban J connectivity index is 1.66. The highest BCUT2D eigenvalue weighted by Crippen LogP contribution is 2.16. The molecule has 2 amide bonds. The van der Waals surface area contributed by atoms with Gasteiger partial charge in [0.25, 0.3) is 0 Å². The SMILES string of the molecule is O=C(CNC(=O)Cc1ccccc1Br)NCCc1ccc(F)cc1. The van der Waals surface area contributed by atoms with Crippen molar-refractivity contribution in [1.29, 1.82) is 0 Å². The van der Waals surface area contributed by atoms with Gasteiger partial charge in [0.1, 0.15) is 5.82 Å². The van der Waals surface area contributed by atoms with Crippen molar-refractivity contribution in [3.63, 3.8) is 0 Å². The largest absolute Gasteiger partial charge is 0.354 e. The highest BCUT2D eigenvalue weighted by atomic mass is 79.9. The van der Waals surface area contributed by atoms with Gasteiger partial charge in [0, 0.05) is 11.0 Å². The molecule has 0 saturated heterocycles. The fraction of sp³-hybridized carbons (Fsp3) is 0.222. The number of halogens is 2. The molecular weight excluding hydrogens is 375 g/mol. The van der Waals surface area contributed by atoms with Crippen LogP contribution in [0.15, 0.2) is 53.0 Å². The zero-order valence-corrected chi connectivity index (χ0v) is 14.6. The lowest BCUT2D eigenvalue weighted by Gasteiger charge is -2.08. The van der Waals surface area contributed by atoms with Gasteiger partial charge in [-0.2, -0.15) is 0 Å². The number of nitrogens with one attached hydrogen (secondary N) is 2. The third-order valence-corrected chi connectivity index (χ3v) is 4.18. The van der Waals surface area contributed by atoms with Crippen LogP contribution >= 0.6 is 15.9 Å². The summed E-state index contributed by atoms with van der Waals surface area (Å²) in [5, 5.41) is 5.31. The molecule has 0 aliphatic carbocycles. The van der Waals surface area contributed by atoms with Crippen molar-refractivity contribution in [2.24, 2.45) is 0 Å². The van der Waals surface area contributed by atoms with Gasteiger partial charge < -0.3 is 10.6 Å². The van der Waals surface area contributed by atoms with Crippen LogP contribution in [0.25, 0.3) is 0 Å². The van der Waals surface area contributed by atoms with Crippen LogP contribution in [0, 0.1) is 5.82 Å². The summed E-state index contributed by atoms with van der Waals surface area (Å²) >= 11 is 3.38. The molecule has 2 N–H and O–H groups in total. The second-order valence-electron chi connectivity index (χ2n) is 5.27. The summed E-state index contributed by atoms with van der Waals surface area (Å²) in [5.41, 5.74) is 1.81. The molecule has 0 spiro atoms. The summed E-state index contributed by atoms with van der Waals surface area (Å²) in [4.78, 5) is 23.6. The Kier molecular flexibility index (Phi) is 6.93. The Morgan fingerprint density at radius 1 is 0.958 bits per heavy atom. The normalized spacial score (nSPS) is 10.2. The quantitative estimate of drug-likeness (QED) is 0.760. The predicted molar refractivity (Wildman–Crippen MR) is 94.0 cm³/mol. The van der Waals surface area contributed by atoms with Gasteiger partial charge in [-0.1, -0.05) is 46.3 Å². The maximum Gasteiger partial charge on any atom is 0.239 e. The van der Waals surface area contributed by atoms with Crippen molar-refractivity contribution >= 4 is 27.7 Å². The lowest BCUT2D eigenvalue weighted by Crippen LogP contribution is -2.38. The van der Waals surface area contributed by atoms with Crippen molar-refractivity contribution in [1.82, 2.24) is 10.6 Å². The maximum absolute atomic E-state index is 12.8. The fourth-order valence-electron chi connectivity index (χ4n) is 2.12. The van der Waals surface area contributed by atoms with Crippen LogP contribution in [-0.4, -0.2) is 24.9 Å². The average molecular weight is 393 g/mol. The average Bonchev–Trinajstić information content (AvgIpc) is 2.57. The van der Waals surface area contributed by atoms with E-state index < -0.39 is 0 Å². The van der Waals surface area contributed by atoms with Crippen molar-refractivity contribution in [3.05, 3.63) is 69.9 Å². The van der Waals surface area contributed by atoms with Crippen LogP contribution in [0.3, 0.4) is 0 Å². The van der Waals surface area contributed by atoms with E-state index in [0.717, 1.165) is 15.6 Å². The zero-order chi connectivity index (χ0) is 17.4. The summed E-state index contributed by atoms with van der Waals surface area (Å²) in [7, 11) is 0. The van der Waals surface area contributed by atoms with Crippen molar-refractivity contribution in [2.45, 2.75) is 12.8 Å². The number of benzene rings is 2. The maximum atomic E-state index is 12.8. The van der Waals surface area contributed by atoms with Crippen LogP contribution < -0.4 is 10.6 Å². The number of hydrogen-bond donors (Lipinski definition) is 2. The summed E-state index contributed by atoms with van der Waals surface area (Å²) in [6.45, 7) is 0.372. The minimum atomic E-state index is -0.282. The number of carbonyl (C=O) groups is 2. The van der Waals surface area contributed by atoms with E-state index in [4.69, 9.17) is 0 Å². The van der Waals surface area contributed by atoms with Crippen molar-refractivity contribution in [3.8, 4) is 0 Å². The molecule has 2 aromatic rings. The molecule has 0 aliphatic rings. The van der Waals surface area contributed by atoms with E-state index in [-0.39, 0.29) is 30.6 Å². The predicted octanol–water partition coefficient (Wildman–Crippen LogP) is 2.61. The molecule has 6 heteroatoms. The lowest BCUT2D eigenvalue weighted by atomic mass is 10.1. The monoisotopic (exact) mass is 392 g/mol. The van der Waals surface area contributed by atoms with E-state index >= 15 is 0 Å². The summed E-state index contributed by atoms with van der Waals surface area (Å²) in [5.74, 6) is -0.747. The first-order valence-corrected chi connectivity index (χ1v) is 8.35. The van der Waals surface area contributed by atoms with Crippen LogP contribution in [0.4, 0.5) is 4.39 Å². The summed E-state index contributed by atoms with van der Waals surface area (Å²) < 4.78 is 13.6. The molecule has 0 saturated carbocycles. The van der Waals surface area contributed by atoms with E-state index in [0.29, 0.717) is 13.0 Å². The highest BCUT2D eigenvalue weighted by molar-refractivity contribution is 9.10. The zero-order valence-electron chi connectivity index (χ0n) is 13.0. The third kappa shape index (κ3) is 6.12. The van der Waals surface area contributed by atoms with E-state index in [1.165, 1.54) is 12.1 Å². The van der Waals surface area contributed by atoms with Gasteiger partial charge in [-0.3, -0.25) is 9.59 Å². The Morgan fingerprint density at radius 3 is 2.38 bits per heavy atom. The van der Waals surface area contributed by atoms with E-state index in [9.17, 15) is 14.0 Å². The fourth-order valence-corrected chi connectivity index (χ4v) is 2.54. The number of amides is 2. The van der Waals surface area contributed by atoms with Crippen molar-refractivity contribution in [2.75, 3.05) is 13.1 Å². The molecule has 0 aromatic heterocycles. The molecule has 0 bridgehead atoms. The first kappa shape index (κ1) is 18.1. The van der Waals surface area contributed by atoms with E-state index in [1.54, 1.807) is 12.1 Å². The first-order chi connectivity index (χ1) is 11.5. The minimum Gasteiger partial charge on any atom is -0.354 e. The molecule has 0 atom stereocenters. The van der Waals surface area contributed by atoms with Gasteiger partial charge in [-0.15, -0.1) is 0 Å². The molecule has 24 heavy (non-hydrogen) atoms. The number of carbonyl (C=O) groups excluding carboxylic acids is 2. The van der Waals surface area contributed by atoms with Gasteiger partial charge in [-0.25, -0.2) is 4.39 Å². The van der Waals surface area contributed by atoms with Crippen molar-refractivity contribution < 1.29 is 14.0 Å². The standard InChI is InChI=1S/C18H18BrFN2O2/c19-16-4-2-1-3-14(16)11-17(23)22-12-18(24)21-10-9-13-5-7-15(20)8-6-13/h1-8H,9-12H2,(H,21,24)(H,22,23). The molecule has 0 radical (unpaired) electrons. The Hall–Kier alpha value is -2.21. The molecule has 0 heterocycles.